The minimum atomic E-state index is -0.609. The molecule has 1 aromatic heterocycles. The van der Waals surface area contributed by atoms with Gasteiger partial charge in [-0.25, -0.2) is 0 Å². The summed E-state index contributed by atoms with van der Waals surface area (Å²) in [6.07, 6.45) is 6.35. The maximum atomic E-state index is 13.0. The van der Waals surface area contributed by atoms with Crippen LogP contribution in [0, 0.1) is 5.92 Å². The lowest BCUT2D eigenvalue weighted by Crippen LogP contribution is -2.56. The van der Waals surface area contributed by atoms with Gasteiger partial charge in [0.15, 0.2) is 0 Å². The zero-order valence-electron chi connectivity index (χ0n) is 16.9. The topological polar surface area (TPSA) is 88.8 Å². The summed E-state index contributed by atoms with van der Waals surface area (Å²) in [6, 6.07) is 4.15. The number of carbonyl (C=O) groups is 2. The Balaban J connectivity index is 1.12. The third kappa shape index (κ3) is 3.61. The maximum absolute atomic E-state index is 13.0. The lowest BCUT2D eigenvalue weighted by Gasteiger charge is -2.38. The fourth-order valence-electron chi connectivity index (χ4n) is 4.99. The van der Waals surface area contributed by atoms with Crippen molar-refractivity contribution < 1.29 is 14.3 Å². The van der Waals surface area contributed by atoms with E-state index in [9.17, 15) is 9.59 Å². The van der Waals surface area contributed by atoms with E-state index in [1.54, 1.807) is 0 Å². The van der Waals surface area contributed by atoms with Gasteiger partial charge in [-0.3, -0.25) is 14.6 Å². The molecule has 29 heavy (non-hydrogen) atoms. The molecule has 2 aliphatic carbocycles. The first-order chi connectivity index (χ1) is 14.0. The summed E-state index contributed by atoms with van der Waals surface area (Å²) in [5, 5.41) is 0. The molecular formula is C22H30N4O3. The maximum Gasteiger partial charge on any atom is 0.242 e. The molecule has 1 saturated heterocycles. The van der Waals surface area contributed by atoms with Crippen LogP contribution in [0.25, 0.3) is 0 Å². The van der Waals surface area contributed by atoms with E-state index >= 15 is 0 Å². The summed E-state index contributed by atoms with van der Waals surface area (Å²) >= 11 is 0. The second-order valence-corrected chi connectivity index (χ2v) is 9.10. The molecule has 156 valence electrons. The highest BCUT2D eigenvalue weighted by molar-refractivity contribution is 5.89. The van der Waals surface area contributed by atoms with Gasteiger partial charge in [0.2, 0.25) is 11.8 Å². The molecule has 2 amide bonds. The van der Waals surface area contributed by atoms with Crippen molar-refractivity contribution in [3.8, 4) is 5.75 Å². The molecule has 0 atom stereocenters. The minimum Gasteiger partial charge on any atom is -0.491 e. The summed E-state index contributed by atoms with van der Waals surface area (Å²) in [4.78, 5) is 34.0. The smallest absolute Gasteiger partial charge is 0.242 e. The molecule has 5 rings (SSSR count). The molecule has 7 heteroatoms. The van der Waals surface area contributed by atoms with E-state index in [0.717, 1.165) is 68.7 Å². The highest BCUT2D eigenvalue weighted by Gasteiger charge is 2.48. The minimum absolute atomic E-state index is 0.0670. The van der Waals surface area contributed by atoms with Crippen LogP contribution < -0.4 is 10.5 Å². The van der Waals surface area contributed by atoms with Crippen LogP contribution in [-0.2, 0) is 16.0 Å². The number of rotatable bonds is 3. The third-order valence-corrected chi connectivity index (χ3v) is 7.14. The SMILES string of the molecule is NC1(C(=O)N2CCN(C(=O)C3CCC(c4ccc5c(n4)CCO5)CC3)CC2)CC1. The van der Waals surface area contributed by atoms with Gasteiger partial charge in [0.05, 0.1) is 17.8 Å². The Morgan fingerprint density at radius 1 is 1.03 bits per heavy atom. The van der Waals surface area contributed by atoms with Gasteiger partial charge in [-0.15, -0.1) is 0 Å². The van der Waals surface area contributed by atoms with Crippen LogP contribution in [0.15, 0.2) is 12.1 Å². The van der Waals surface area contributed by atoms with Crippen LogP contribution in [0.3, 0.4) is 0 Å². The monoisotopic (exact) mass is 398 g/mol. The predicted octanol–water partition coefficient (Wildman–Crippen LogP) is 1.45. The fourth-order valence-corrected chi connectivity index (χ4v) is 4.99. The molecule has 2 aliphatic heterocycles. The van der Waals surface area contributed by atoms with Crippen molar-refractivity contribution in [3.05, 3.63) is 23.5 Å². The van der Waals surface area contributed by atoms with Crippen LogP contribution in [0.1, 0.15) is 55.8 Å². The molecular weight excluding hydrogens is 368 g/mol. The number of nitrogens with zero attached hydrogens (tertiary/aromatic N) is 3. The number of fused-ring (bicyclic) bond motifs is 1. The zero-order chi connectivity index (χ0) is 20.0. The fraction of sp³-hybridized carbons (Fsp3) is 0.682. The summed E-state index contributed by atoms with van der Waals surface area (Å²) < 4.78 is 5.56. The molecule has 2 N–H and O–H groups in total. The lowest BCUT2D eigenvalue weighted by atomic mass is 9.79. The van der Waals surface area contributed by atoms with Gasteiger partial charge in [-0.05, 0) is 50.7 Å². The van der Waals surface area contributed by atoms with Gasteiger partial charge in [-0.2, -0.15) is 0 Å². The molecule has 1 aromatic rings. The number of nitrogens with two attached hydrogens (primary N) is 1. The third-order valence-electron chi connectivity index (χ3n) is 7.14. The molecule has 3 fully saturated rings. The van der Waals surface area contributed by atoms with E-state index in [0.29, 0.717) is 32.1 Å². The van der Waals surface area contributed by atoms with Crippen molar-refractivity contribution in [2.75, 3.05) is 32.8 Å². The Morgan fingerprint density at radius 2 is 1.72 bits per heavy atom. The first-order valence-electron chi connectivity index (χ1n) is 11.0. The van der Waals surface area contributed by atoms with Crippen LogP contribution in [-0.4, -0.2) is 64.9 Å². The predicted molar refractivity (Wildman–Crippen MR) is 107 cm³/mol. The van der Waals surface area contributed by atoms with Gasteiger partial charge in [0.25, 0.3) is 0 Å². The highest BCUT2D eigenvalue weighted by Crippen LogP contribution is 2.38. The average molecular weight is 399 g/mol. The molecule has 2 saturated carbocycles. The normalized spacial score (nSPS) is 27.9. The van der Waals surface area contributed by atoms with E-state index in [4.69, 9.17) is 15.5 Å². The zero-order valence-corrected chi connectivity index (χ0v) is 16.9. The van der Waals surface area contributed by atoms with E-state index in [1.165, 1.54) is 0 Å². The summed E-state index contributed by atoms with van der Waals surface area (Å²) in [7, 11) is 0. The van der Waals surface area contributed by atoms with Gasteiger partial charge in [0, 0.05) is 50.1 Å². The first-order valence-corrected chi connectivity index (χ1v) is 11.0. The average Bonchev–Trinajstić information content (AvgIpc) is 3.34. The number of hydrogen-bond acceptors (Lipinski definition) is 5. The molecule has 0 radical (unpaired) electrons. The molecule has 0 unspecified atom stereocenters. The van der Waals surface area contributed by atoms with Crippen molar-refractivity contribution in [1.29, 1.82) is 0 Å². The second-order valence-electron chi connectivity index (χ2n) is 9.10. The molecule has 0 aromatic carbocycles. The second kappa shape index (κ2) is 7.27. The van der Waals surface area contributed by atoms with Crippen molar-refractivity contribution >= 4 is 11.8 Å². The number of piperazine rings is 1. The number of aromatic nitrogens is 1. The lowest BCUT2D eigenvalue weighted by molar-refractivity contribution is -0.143. The number of pyridine rings is 1. The van der Waals surface area contributed by atoms with Crippen LogP contribution in [0.2, 0.25) is 0 Å². The van der Waals surface area contributed by atoms with E-state index in [-0.39, 0.29) is 17.7 Å². The molecule has 3 heterocycles. The highest BCUT2D eigenvalue weighted by atomic mass is 16.5. The quantitative estimate of drug-likeness (QED) is 0.833. The summed E-state index contributed by atoms with van der Waals surface area (Å²) in [5.41, 5.74) is 7.67. The van der Waals surface area contributed by atoms with Crippen molar-refractivity contribution in [2.45, 2.75) is 56.4 Å². The molecule has 4 aliphatic rings. The standard InChI is InChI=1S/C22H30N4O3/c23-22(8-9-22)21(28)26-12-10-25(11-13-26)20(27)16-3-1-15(2-4-16)17-5-6-19-18(24-17)7-14-29-19/h5-6,15-16H,1-4,7-14,23H2. The van der Waals surface area contributed by atoms with Crippen LogP contribution in [0.5, 0.6) is 5.75 Å². The van der Waals surface area contributed by atoms with Gasteiger partial charge in [-0.1, -0.05) is 0 Å². The number of amides is 2. The van der Waals surface area contributed by atoms with Crippen molar-refractivity contribution in [2.24, 2.45) is 11.7 Å². The molecule has 7 nitrogen and oxygen atoms in total. The van der Waals surface area contributed by atoms with Crippen molar-refractivity contribution in [1.82, 2.24) is 14.8 Å². The van der Waals surface area contributed by atoms with Crippen LogP contribution >= 0.6 is 0 Å². The molecule has 0 spiro atoms. The Hall–Kier alpha value is -2.15. The Labute approximate surface area is 171 Å². The van der Waals surface area contributed by atoms with Gasteiger partial charge in [0.1, 0.15) is 5.75 Å². The number of hydrogen-bond donors (Lipinski definition) is 1. The number of ether oxygens (including phenoxy) is 1. The van der Waals surface area contributed by atoms with Gasteiger partial charge < -0.3 is 20.3 Å². The van der Waals surface area contributed by atoms with E-state index < -0.39 is 5.54 Å². The van der Waals surface area contributed by atoms with Gasteiger partial charge >= 0.3 is 0 Å². The first kappa shape index (κ1) is 18.9. The largest absolute Gasteiger partial charge is 0.491 e. The number of carbonyl (C=O) groups excluding carboxylic acids is 2. The summed E-state index contributed by atoms with van der Waals surface area (Å²) in [6.45, 7) is 3.22. The van der Waals surface area contributed by atoms with Crippen molar-refractivity contribution in [3.63, 3.8) is 0 Å². The van der Waals surface area contributed by atoms with Crippen LogP contribution in [0.4, 0.5) is 0 Å². The Morgan fingerprint density at radius 3 is 2.41 bits per heavy atom. The Bertz CT molecular complexity index is 806. The molecule has 0 bridgehead atoms. The van der Waals surface area contributed by atoms with E-state index in [1.807, 2.05) is 9.80 Å². The Kier molecular flexibility index (Phi) is 4.73. The van der Waals surface area contributed by atoms with E-state index in [2.05, 4.69) is 12.1 Å². The summed E-state index contributed by atoms with van der Waals surface area (Å²) in [5.74, 6) is 1.81.